The number of nitriles is 1. The number of rotatable bonds is 5. The van der Waals surface area contributed by atoms with Crippen molar-refractivity contribution in [2.75, 3.05) is 25.5 Å². The van der Waals surface area contributed by atoms with Crippen molar-refractivity contribution in [1.29, 1.82) is 5.26 Å². The first-order chi connectivity index (χ1) is 9.97. The van der Waals surface area contributed by atoms with E-state index in [-0.39, 0.29) is 17.9 Å². The molecule has 0 saturated carbocycles. The van der Waals surface area contributed by atoms with Crippen molar-refractivity contribution in [3.8, 4) is 6.07 Å². The Morgan fingerprint density at radius 1 is 1.14 bits per heavy atom. The van der Waals surface area contributed by atoms with E-state index in [9.17, 15) is 8.42 Å². The van der Waals surface area contributed by atoms with Gasteiger partial charge in [0.05, 0.1) is 11.0 Å². The van der Waals surface area contributed by atoms with Crippen LogP contribution in [-0.2, 0) is 10.0 Å². The van der Waals surface area contributed by atoms with Gasteiger partial charge in [-0.25, -0.2) is 13.1 Å². The Bertz CT molecular complexity index is 792. The second-order valence-electron chi connectivity index (χ2n) is 4.83. The molecule has 21 heavy (non-hydrogen) atoms. The molecule has 0 saturated heterocycles. The van der Waals surface area contributed by atoms with E-state index in [1.807, 2.05) is 43.3 Å². The highest BCUT2D eigenvalue weighted by Gasteiger charge is 2.17. The number of nitrogens with zero attached hydrogens (tertiary/aromatic N) is 2. The second-order valence-corrected chi connectivity index (χ2v) is 6.56. The minimum Gasteiger partial charge on any atom is -0.377 e. The zero-order chi connectivity index (χ0) is 15.5. The molecule has 0 aromatic heterocycles. The third-order valence-corrected chi connectivity index (χ3v) is 4.68. The van der Waals surface area contributed by atoms with Crippen LogP contribution >= 0.6 is 0 Å². The highest BCUT2D eigenvalue weighted by molar-refractivity contribution is 7.89. The number of hydrogen-bond acceptors (Lipinski definition) is 4. The molecule has 2 rings (SSSR count). The van der Waals surface area contributed by atoms with E-state index in [4.69, 9.17) is 5.26 Å². The van der Waals surface area contributed by atoms with Gasteiger partial charge < -0.3 is 4.90 Å². The summed E-state index contributed by atoms with van der Waals surface area (Å²) in [7, 11) is 0.214. The second kappa shape index (κ2) is 6.12. The molecule has 2 aromatic rings. The molecule has 0 fully saturated rings. The molecule has 0 bridgehead atoms. The normalized spacial score (nSPS) is 11.3. The number of sulfonamides is 1. The Balaban J connectivity index is 2.56. The number of nitrogens with one attached hydrogen (secondary N) is 1. The highest BCUT2D eigenvalue weighted by atomic mass is 32.2. The van der Waals surface area contributed by atoms with Crippen molar-refractivity contribution in [2.45, 2.75) is 11.3 Å². The Labute approximate surface area is 124 Å². The third-order valence-electron chi connectivity index (χ3n) is 3.16. The van der Waals surface area contributed by atoms with Crippen LogP contribution in [0.5, 0.6) is 0 Å². The summed E-state index contributed by atoms with van der Waals surface area (Å²) < 4.78 is 27.2. The van der Waals surface area contributed by atoms with Crippen LogP contribution in [0.15, 0.2) is 41.3 Å². The summed E-state index contributed by atoms with van der Waals surface area (Å²) in [6.07, 6.45) is 0.146. The van der Waals surface area contributed by atoms with Gasteiger partial charge in [-0.15, -0.1) is 0 Å². The van der Waals surface area contributed by atoms with Crippen LogP contribution in [0.25, 0.3) is 10.8 Å². The number of hydrogen-bond donors (Lipinski definition) is 1. The molecular formula is C15H17N3O2S. The number of benzene rings is 2. The molecule has 6 heteroatoms. The van der Waals surface area contributed by atoms with Gasteiger partial charge in [0.1, 0.15) is 0 Å². The fourth-order valence-corrected chi connectivity index (χ4v) is 3.46. The maximum atomic E-state index is 12.4. The third kappa shape index (κ3) is 3.15. The lowest BCUT2D eigenvalue weighted by Gasteiger charge is -2.17. The smallest absolute Gasteiger partial charge is 0.241 e. The first-order valence-electron chi connectivity index (χ1n) is 6.53. The molecule has 0 aliphatic carbocycles. The van der Waals surface area contributed by atoms with Gasteiger partial charge in [-0.05, 0) is 12.1 Å². The standard InChI is InChI=1S/C15H17N3O2S/c1-18(2)14-8-3-7-13-12(14)6-4-9-15(13)21(19,20)17-11-5-10-16/h3-4,6-9,17H,5,11H2,1-2H3. The summed E-state index contributed by atoms with van der Waals surface area (Å²) in [4.78, 5) is 2.18. The van der Waals surface area contributed by atoms with Gasteiger partial charge in [-0.3, -0.25) is 0 Å². The summed E-state index contributed by atoms with van der Waals surface area (Å²) in [5, 5.41) is 10.1. The lowest BCUT2D eigenvalue weighted by atomic mass is 10.1. The molecule has 0 spiro atoms. The van der Waals surface area contributed by atoms with Gasteiger partial charge in [0.25, 0.3) is 0 Å². The van der Waals surface area contributed by atoms with Crippen LogP contribution in [0.4, 0.5) is 5.69 Å². The minimum absolute atomic E-state index is 0.114. The lowest BCUT2D eigenvalue weighted by molar-refractivity contribution is 0.583. The van der Waals surface area contributed by atoms with Crippen LogP contribution in [0, 0.1) is 11.3 Å². The van der Waals surface area contributed by atoms with E-state index in [0.29, 0.717) is 5.39 Å². The molecule has 0 aliphatic heterocycles. The fourth-order valence-electron chi connectivity index (χ4n) is 2.21. The average molecular weight is 303 g/mol. The van der Waals surface area contributed by atoms with Gasteiger partial charge in [0.2, 0.25) is 10.0 Å². The Morgan fingerprint density at radius 2 is 1.81 bits per heavy atom. The molecule has 0 amide bonds. The molecule has 5 nitrogen and oxygen atoms in total. The fraction of sp³-hybridized carbons (Fsp3) is 0.267. The van der Waals surface area contributed by atoms with Crippen LogP contribution in [0.2, 0.25) is 0 Å². The molecule has 0 heterocycles. The maximum Gasteiger partial charge on any atom is 0.241 e. The quantitative estimate of drug-likeness (QED) is 0.858. The average Bonchev–Trinajstić information content (AvgIpc) is 2.46. The van der Waals surface area contributed by atoms with E-state index in [1.54, 1.807) is 18.2 Å². The molecule has 110 valence electrons. The molecule has 0 radical (unpaired) electrons. The monoisotopic (exact) mass is 303 g/mol. The zero-order valence-electron chi connectivity index (χ0n) is 12.0. The molecule has 1 N–H and O–H groups in total. The highest BCUT2D eigenvalue weighted by Crippen LogP contribution is 2.29. The lowest BCUT2D eigenvalue weighted by Crippen LogP contribution is -2.24. The van der Waals surface area contributed by atoms with Crippen LogP contribution in [0.1, 0.15) is 6.42 Å². The Morgan fingerprint density at radius 3 is 2.48 bits per heavy atom. The summed E-state index contributed by atoms with van der Waals surface area (Å²) >= 11 is 0. The van der Waals surface area contributed by atoms with Crippen molar-refractivity contribution in [3.05, 3.63) is 36.4 Å². The molecular weight excluding hydrogens is 286 g/mol. The summed E-state index contributed by atoms with van der Waals surface area (Å²) in [6, 6.07) is 12.7. The Kier molecular flexibility index (Phi) is 4.46. The molecule has 0 aliphatic rings. The predicted molar refractivity (Wildman–Crippen MR) is 83.7 cm³/mol. The van der Waals surface area contributed by atoms with Gasteiger partial charge in [-0.1, -0.05) is 24.3 Å². The van der Waals surface area contributed by atoms with E-state index in [0.717, 1.165) is 11.1 Å². The van der Waals surface area contributed by atoms with Crippen molar-refractivity contribution in [1.82, 2.24) is 4.72 Å². The molecule has 0 atom stereocenters. The van der Waals surface area contributed by atoms with Gasteiger partial charge in [0.15, 0.2) is 0 Å². The maximum absolute atomic E-state index is 12.4. The van der Waals surface area contributed by atoms with Crippen molar-refractivity contribution in [3.63, 3.8) is 0 Å². The topological polar surface area (TPSA) is 73.2 Å². The van der Waals surface area contributed by atoms with E-state index in [1.165, 1.54) is 0 Å². The van der Waals surface area contributed by atoms with Crippen molar-refractivity contribution in [2.24, 2.45) is 0 Å². The summed E-state index contributed by atoms with van der Waals surface area (Å²) in [5.74, 6) is 0. The van der Waals surface area contributed by atoms with Crippen molar-refractivity contribution < 1.29 is 8.42 Å². The predicted octanol–water partition coefficient (Wildman–Crippen LogP) is 2.10. The van der Waals surface area contributed by atoms with Crippen molar-refractivity contribution >= 4 is 26.5 Å². The first-order valence-corrected chi connectivity index (χ1v) is 8.01. The summed E-state index contributed by atoms with van der Waals surface area (Å²) in [5.41, 5.74) is 0.960. The van der Waals surface area contributed by atoms with Gasteiger partial charge >= 0.3 is 0 Å². The van der Waals surface area contributed by atoms with E-state index >= 15 is 0 Å². The largest absolute Gasteiger partial charge is 0.377 e. The van der Waals surface area contributed by atoms with E-state index in [2.05, 4.69) is 4.72 Å². The van der Waals surface area contributed by atoms with Crippen LogP contribution in [0.3, 0.4) is 0 Å². The first kappa shape index (κ1) is 15.3. The molecule has 0 unspecified atom stereocenters. The number of fused-ring (bicyclic) bond motifs is 1. The Hall–Kier alpha value is -2.10. The van der Waals surface area contributed by atoms with Crippen LogP contribution in [-0.4, -0.2) is 29.1 Å². The van der Waals surface area contributed by atoms with E-state index < -0.39 is 10.0 Å². The number of anilines is 1. The molecule has 2 aromatic carbocycles. The summed E-state index contributed by atoms with van der Waals surface area (Å²) in [6.45, 7) is 0.114. The SMILES string of the molecule is CN(C)c1cccc2c(S(=O)(=O)NCCC#N)cccc12. The van der Waals surface area contributed by atoms with Gasteiger partial charge in [0, 0.05) is 43.5 Å². The zero-order valence-corrected chi connectivity index (χ0v) is 12.8. The van der Waals surface area contributed by atoms with Gasteiger partial charge in [-0.2, -0.15) is 5.26 Å². The van der Waals surface area contributed by atoms with Crippen LogP contribution < -0.4 is 9.62 Å². The minimum atomic E-state index is -3.62.